The van der Waals surface area contributed by atoms with Crippen molar-refractivity contribution in [2.75, 3.05) is 31.3 Å². The molecule has 0 saturated heterocycles. The molecular formula is C21H26ClN3O5S. The van der Waals surface area contributed by atoms with E-state index >= 15 is 0 Å². The molecule has 2 aromatic rings. The van der Waals surface area contributed by atoms with E-state index in [1.807, 2.05) is 0 Å². The zero-order valence-corrected chi connectivity index (χ0v) is 19.4. The molecule has 168 valence electrons. The number of likely N-dealkylation sites (N-methyl/N-ethyl adjacent to an activating group) is 1. The summed E-state index contributed by atoms with van der Waals surface area (Å²) in [5, 5.41) is 2.97. The quantitative estimate of drug-likeness (QED) is 0.610. The Morgan fingerprint density at radius 1 is 1.16 bits per heavy atom. The molecule has 0 aliphatic rings. The zero-order valence-electron chi connectivity index (χ0n) is 17.8. The van der Waals surface area contributed by atoms with Gasteiger partial charge in [0.25, 0.3) is 0 Å². The Bertz CT molecular complexity index is 1030. The fourth-order valence-electron chi connectivity index (χ4n) is 2.98. The lowest BCUT2D eigenvalue weighted by Crippen LogP contribution is -2.50. The predicted molar refractivity (Wildman–Crippen MR) is 121 cm³/mol. The second kappa shape index (κ2) is 10.5. The van der Waals surface area contributed by atoms with Crippen molar-refractivity contribution >= 4 is 39.1 Å². The number of halogens is 1. The van der Waals surface area contributed by atoms with Crippen LogP contribution >= 0.6 is 11.6 Å². The average Bonchev–Trinajstić information content (AvgIpc) is 2.74. The molecule has 0 bridgehead atoms. The molecule has 0 radical (unpaired) electrons. The van der Waals surface area contributed by atoms with Crippen molar-refractivity contribution in [3.05, 3.63) is 59.1 Å². The minimum atomic E-state index is -3.77. The van der Waals surface area contributed by atoms with Gasteiger partial charge in [-0.15, -0.1) is 0 Å². The van der Waals surface area contributed by atoms with E-state index in [0.717, 1.165) is 16.1 Å². The molecule has 8 nitrogen and oxygen atoms in total. The summed E-state index contributed by atoms with van der Waals surface area (Å²) in [4.78, 5) is 26.9. The molecule has 1 N–H and O–H groups in total. The van der Waals surface area contributed by atoms with Crippen LogP contribution < -0.4 is 14.4 Å². The smallest absolute Gasteiger partial charge is 0.244 e. The molecule has 0 heterocycles. The van der Waals surface area contributed by atoms with Gasteiger partial charge < -0.3 is 15.0 Å². The predicted octanol–water partition coefficient (Wildman–Crippen LogP) is 2.28. The summed E-state index contributed by atoms with van der Waals surface area (Å²) in [6.07, 6.45) is 1.02. The normalized spacial score (nSPS) is 12.0. The summed E-state index contributed by atoms with van der Waals surface area (Å²) in [5.74, 6) is -0.288. The third kappa shape index (κ3) is 6.60. The third-order valence-corrected chi connectivity index (χ3v) is 6.09. The largest absolute Gasteiger partial charge is 0.497 e. The third-order valence-electron chi connectivity index (χ3n) is 4.69. The zero-order chi connectivity index (χ0) is 23.2. The maximum absolute atomic E-state index is 13.2. The molecule has 0 saturated carbocycles. The Kier molecular flexibility index (Phi) is 8.29. The van der Waals surface area contributed by atoms with Gasteiger partial charge in [-0.25, -0.2) is 8.42 Å². The topological polar surface area (TPSA) is 96.0 Å². The van der Waals surface area contributed by atoms with Crippen molar-refractivity contribution < 1.29 is 22.7 Å². The minimum Gasteiger partial charge on any atom is -0.497 e. The van der Waals surface area contributed by atoms with Gasteiger partial charge in [-0.2, -0.15) is 0 Å². The Balaban J connectivity index is 2.37. The maximum Gasteiger partial charge on any atom is 0.244 e. The second-order valence-electron chi connectivity index (χ2n) is 6.91. The monoisotopic (exact) mass is 467 g/mol. The van der Waals surface area contributed by atoms with E-state index in [1.54, 1.807) is 43.3 Å². The van der Waals surface area contributed by atoms with Crippen LogP contribution in [0, 0.1) is 0 Å². The highest BCUT2D eigenvalue weighted by molar-refractivity contribution is 7.92. The van der Waals surface area contributed by atoms with E-state index in [1.165, 1.54) is 31.2 Å². The first-order chi connectivity index (χ1) is 14.6. The lowest BCUT2D eigenvalue weighted by molar-refractivity contribution is -0.139. The lowest BCUT2D eigenvalue weighted by Gasteiger charge is -2.31. The van der Waals surface area contributed by atoms with Crippen LogP contribution in [0.4, 0.5) is 5.69 Å². The van der Waals surface area contributed by atoms with Gasteiger partial charge in [0.1, 0.15) is 18.3 Å². The van der Waals surface area contributed by atoms with E-state index in [4.69, 9.17) is 16.3 Å². The number of methoxy groups -OCH3 is 1. The SMILES string of the molecule is CNC(=O)C(C)N(Cc1cccc(OC)c1)C(=O)CN(c1ccc(Cl)cc1)S(C)(=O)=O. The molecule has 0 aromatic heterocycles. The number of carbonyl (C=O) groups excluding carboxylic acids is 2. The molecule has 0 aliphatic heterocycles. The number of hydrogen-bond acceptors (Lipinski definition) is 5. The lowest BCUT2D eigenvalue weighted by atomic mass is 10.1. The summed E-state index contributed by atoms with van der Waals surface area (Å²) < 4.78 is 31.0. The number of ether oxygens (including phenoxy) is 1. The standard InChI is InChI=1S/C21H26ClN3O5S/c1-15(21(27)23-2)24(13-16-6-5-7-19(12-16)30-3)20(26)14-25(31(4,28)29)18-10-8-17(22)9-11-18/h5-12,15H,13-14H2,1-4H3,(H,23,27). The fourth-order valence-corrected chi connectivity index (χ4v) is 3.96. The molecule has 2 rings (SSSR count). The van der Waals surface area contributed by atoms with E-state index in [0.29, 0.717) is 16.5 Å². The number of hydrogen-bond donors (Lipinski definition) is 1. The molecule has 2 amide bonds. The van der Waals surface area contributed by atoms with Crippen molar-refractivity contribution in [3.63, 3.8) is 0 Å². The van der Waals surface area contributed by atoms with Crippen molar-refractivity contribution in [1.29, 1.82) is 0 Å². The number of benzene rings is 2. The van der Waals surface area contributed by atoms with Crippen molar-refractivity contribution in [2.45, 2.75) is 19.5 Å². The highest BCUT2D eigenvalue weighted by Crippen LogP contribution is 2.22. The summed E-state index contributed by atoms with van der Waals surface area (Å²) in [6, 6.07) is 12.4. The van der Waals surface area contributed by atoms with Gasteiger partial charge in [-0.3, -0.25) is 13.9 Å². The number of carbonyl (C=O) groups is 2. The van der Waals surface area contributed by atoms with Crippen LogP contribution in [0.25, 0.3) is 0 Å². The minimum absolute atomic E-state index is 0.100. The number of amides is 2. The Labute approximate surface area is 187 Å². The van der Waals surface area contributed by atoms with Crippen LogP contribution in [0.1, 0.15) is 12.5 Å². The number of anilines is 1. The van der Waals surface area contributed by atoms with Crippen LogP contribution in [0.15, 0.2) is 48.5 Å². The van der Waals surface area contributed by atoms with Gasteiger partial charge >= 0.3 is 0 Å². The second-order valence-corrected chi connectivity index (χ2v) is 9.25. The first-order valence-corrected chi connectivity index (χ1v) is 11.7. The van der Waals surface area contributed by atoms with Crippen LogP contribution in [0.2, 0.25) is 5.02 Å². The van der Waals surface area contributed by atoms with E-state index in [2.05, 4.69) is 5.32 Å². The maximum atomic E-state index is 13.2. The highest BCUT2D eigenvalue weighted by Gasteiger charge is 2.29. The van der Waals surface area contributed by atoms with Crippen LogP contribution in [-0.4, -0.2) is 58.1 Å². The van der Waals surface area contributed by atoms with Gasteiger partial charge in [-0.1, -0.05) is 23.7 Å². The average molecular weight is 468 g/mol. The summed E-state index contributed by atoms with van der Waals surface area (Å²) in [7, 11) is -0.763. The molecule has 0 spiro atoms. The molecule has 10 heteroatoms. The molecule has 31 heavy (non-hydrogen) atoms. The number of nitrogens with one attached hydrogen (secondary N) is 1. The summed E-state index contributed by atoms with van der Waals surface area (Å²) in [6.45, 7) is 1.22. The Hall–Kier alpha value is -2.78. The van der Waals surface area contributed by atoms with Crippen LogP contribution in [0.5, 0.6) is 5.75 Å². The fraction of sp³-hybridized carbons (Fsp3) is 0.333. The van der Waals surface area contributed by atoms with E-state index < -0.39 is 28.5 Å². The Morgan fingerprint density at radius 3 is 2.35 bits per heavy atom. The molecule has 1 unspecified atom stereocenters. The Morgan fingerprint density at radius 2 is 1.81 bits per heavy atom. The number of sulfonamides is 1. The first-order valence-electron chi connectivity index (χ1n) is 9.44. The molecule has 1 atom stereocenters. The number of nitrogens with zero attached hydrogens (tertiary/aromatic N) is 2. The summed E-state index contributed by atoms with van der Waals surface area (Å²) in [5.41, 5.74) is 1.04. The van der Waals surface area contributed by atoms with E-state index in [9.17, 15) is 18.0 Å². The first kappa shape index (κ1) is 24.5. The molecule has 2 aromatic carbocycles. The summed E-state index contributed by atoms with van der Waals surface area (Å²) >= 11 is 5.90. The van der Waals surface area contributed by atoms with Crippen LogP contribution in [-0.2, 0) is 26.2 Å². The van der Waals surface area contributed by atoms with Crippen molar-refractivity contribution in [1.82, 2.24) is 10.2 Å². The molecule has 0 fully saturated rings. The van der Waals surface area contributed by atoms with Gasteiger partial charge in [0, 0.05) is 18.6 Å². The van der Waals surface area contributed by atoms with Gasteiger partial charge in [0.15, 0.2) is 0 Å². The molecule has 0 aliphatic carbocycles. The van der Waals surface area contributed by atoms with Gasteiger partial charge in [0.05, 0.1) is 19.1 Å². The van der Waals surface area contributed by atoms with Gasteiger partial charge in [0.2, 0.25) is 21.8 Å². The molecular weight excluding hydrogens is 442 g/mol. The van der Waals surface area contributed by atoms with Crippen LogP contribution in [0.3, 0.4) is 0 Å². The number of rotatable bonds is 9. The van der Waals surface area contributed by atoms with Crippen molar-refractivity contribution in [2.24, 2.45) is 0 Å². The highest BCUT2D eigenvalue weighted by atomic mass is 35.5. The van der Waals surface area contributed by atoms with E-state index in [-0.39, 0.29) is 12.5 Å². The van der Waals surface area contributed by atoms with Gasteiger partial charge in [-0.05, 0) is 48.9 Å². The van der Waals surface area contributed by atoms with Crippen molar-refractivity contribution in [3.8, 4) is 5.75 Å².